The van der Waals surface area contributed by atoms with Crippen molar-refractivity contribution < 1.29 is 4.79 Å². The van der Waals surface area contributed by atoms with E-state index >= 15 is 0 Å². The van der Waals surface area contributed by atoms with Gasteiger partial charge in [0.25, 0.3) is 0 Å². The van der Waals surface area contributed by atoms with Crippen LogP contribution < -0.4 is 0 Å². The Bertz CT molecular complexity index is 874. The van der Waals surface area contributed by atoms with Gasteiger partial charge in [0, 0.05) is 48.3 Å². The monoisotopic (exact) mass is 340 g/mol. The summed E-state index contributed by atoms with van der Waals surface area (Å²) in [6, 6.07) is 9.48. The summed E-state index contributed by atoms with van der Waals surface area (Å²) < 4.78 is 2.01. The average Bonchev–Trinajstić information content (AvgIpc) is 3.25. The van der Waals surface area contributed by atoms with Gasteiger partial charge in [0.15, 0.2) is 0 Å². The molecule has 1 fully saturated rings. The fraction of sp³-hybridized carbons (Fsp3) is 0.278. The number of benzene rings is 1. The maximum Gasteiger partial charge on any atom is 0.233 e. The zero-order valence-corrected chi connectivity index (χ0v) is 13.9. The molecule has 1 atom stereocenters. The normalized spacial score (nSPS) is 17.5. The van der Waals surface area contributed by atoms with Crippen LogP contribution in [0.3, 0.4) is 0 Å². The van der Waals surface area contributed by atoms with Crippen molar-refractivity contribution in [1.29, 1.82) is 0 Å². The molecule has 24 heavy (non-hydrogen) atoms. The number of carbonyl (C=O) groups excluding carboxylic acids is 1. The number of aromatic nitrogens is 3. The predicted molar refractivity (Wildman–Crippen MR) is 92.1 cm³/mol. The molecule has 2 aromatic heterocycles. The highest BCUT2D eigenvalue weighted by Crippen LogP contribution is 2.27. The molecule has 3 heterocycles. The zero-order chi connectivity index (χ0) is 16.5. The van der Waals surface area contributed by atoms with Gasteiger partial charge in [0.1, 0.15) is 0 Å². The van der Waals surface area contributed by atoms with Crippen molar-refractivity contribution in [2.75, 3.05) is 13.1 Å². The number of imidazole rings is 1. The van der Waals surface area contributed by atoms with E-state index < -0.39 is 0 Å². The lowest BCUT2D eigenvalue weighted by molar-refractivity contribution is -0.129. The van der Waals surface area contributed by atoms with Gasteiger partial charge >= 0.3 is 0 Å². The number of nitrogens with zero attached hydrogens (tertiary/aromatic N) is 4. The summed E-state index contributed by atoms with van der Waals surface area (Å²) in [7, 11) is 0. The van der Waals surface area contributed by atoms with E-state index in [0.717, 1.165) is 25.1 Å². The molecule has 122 valence electrons. The largest absolute Gasteiger partial charge is 0.342 e. The van der Waals surface area contributed by atoms with Crippen LogP contribution >= 0.6 is 11.6 Å². The predicted octanol–water partition coefficient (Wildman–Crippen LogP) is 2.94. The minimum Gasteiger partial charge on any atom is -0.342 e. The van der Waals surface area contributed by atoms with Gasteiger partial charge in [-0.1, -0.05) is 23.7 Å². The van der Waals surface area contributed by atoms with Crippen LogP contribution in [-0.2, 0) is 11.2 Å². The van der Waals surface area contributed by atoms with Crippen LogP contribution in [0.15, 0.2) is 48.9 Å². The lowest BCUT2D eigenvalue weighted by atomic mass is 10.0. The molecule has 5 nitrogen and oxygen atoms in total. The van der Waals surface area contributed by atoms with Gasteiger partial charge in [0.05, 0.1) is 6.42 Å². The Kier molecular flexibility index (Phi) is 3.94. The van der Waals surface area contributed by atoms with Crippen LogP contribution in [0, 0.1) is 0 Å². The molecule has 0 unspecified atom stereocenters. The first kappa shape index (κ1) is 15.1. The molecule has 1 amide bonds. The van der Waals surface area contributed by atoms with Crippen molar-refractivity contribution in [2.45, 2.75) is 18.8 Å². The van der Waals surface area contributed by atoms with Crippen molar-refractivity contribution >= 4 is 23.3 Å². The van der Waals surface area contributed by atoms with Crippen molar-refractivity contribution in [3.05, 3.63) is 65.2 Å². The Morgan fingerprint density at radius 2 is 1.96 bits per heavy atom. The second-order valence-electron chi connectivity index (χ2n) is 6.10. The van der Waals surface area contributed by atoms with E-state index in [-0.39, 0.29) is 5.91 Å². The number of hydrogen-bond acceptors (Lipinski definition) is 3. The second-order valence-corrected chi connectivity index (χ2v) is 6.53. The maximum atomic E-state index is 12.6. The molecular formula is C18H17ClN4O. The number of amides is 1. The molecule has 6 heteroatoms. The average molecular weight is 341 g/mol. The van der Waals surface area contributed by atoms with Crippen molar-refractivity contribution in [3.63, 3.8) is 0 Å². The first-order chi connectivity index (χ1) is 11.7. The number of likely N-dealkylation sites (tertiary alicyclic amines) is 1. The van der Waals surface area contributed by atoms with Gasteiger partial charge in [-0.3, -0.25) is 9.20 Å². The Morgan fingerprint density at radius 3 is 2.79 bits per heavy atom. The maximum absolute atomic E-state index is 12.6. The van der Waals surface area contributed by atoms with Gasteiger partial charge in [-0.25, -0.2) is 9.97 Å². The standard InChI is InChI=1S/C18H17ClN4O/c19-15-3-1-13(2-4-15)11-17(24)22-9-6-14(12-22)16-5-7-20-18-21-8-10-23(16)18/h1-5,7-8,10,14H,6,9,11-12H2/t14-/m1/s1. The molecule has 0 aliphatic carbocycles. The van der Waals surface area contributed by atoms with Crippen LogP contribution in [0.5, 0.6) is 0 Å². The Labute approximate surface area is 144 Å². The summed E-state index contributed by atoms with van der Waals surface area (Å²) in [5.41, 5.74) is 2.16. The van der Waals surface area contributed by atoms with E-state index in [0.29, 0.717) is 23.1 Å². The summed E-state index contributed by atoms with van der Waals surface area (Å²) in [5, 5.41) is 0.689. The zero-order valence-electron chi connectivity index (χ0n) is 13.1. The lowest BCUT2D eigenvalue weighted by Crippen LogP contribution is -2.30. The SMILES string of the molecule is O=C(Cc1ccc(Cl)cc1)N1CC[C@@H](c2ccnc3nccn23)C1. The Morgan fingerprint density at radius 1 is 1.17 bits per heavy atom. The molecule has 0 N–H and O–H groups in total. The van der Waals surface area contributed by atoms with E-state index in [9.17, 15) is 4.79 Å². The summed E-state index contributed by atoms with van der Waals surface area (Å²) in [5.74, 6) is 1.19. The molecule has 0 spiro atoms. The van der Waals surface area contributed by atoms with Crippen LogP contribution in [0.2, 0.25) is 5.02 Å². The van der Waals surface area contributed by atoms with Gasteiger partial charge < -0.3 is 4.90 Å². The van der Waals surface area contributed by atoms with Gasteiger partial charge in [-0.2, -0.15) is 0 Å². The Balaban J connectivity index is 1.47. The molecule has 0 saturated carbocycles. The molecule has 1 aliphatic rings. The molecule has 1 aromatic carbocycles. The van der Waals surface area contributed by atoms with Crippen molar-refractivity contribution in [1.82, 2.24) is 19.3 Å². The Hall–Kier alpha value is -2.40. The quantitative estimate of drug-likeness (QED) is 0.736. The highest BCUT2D eigenvalue weighted by Gasteiger charge is 2.28. The minimum absolute atomic E-state index is 0.163. The molecule has 1 aliphatic heterocycles. The molecule has 0 bridgehead atoms. The fourth-order valence-electron chi connectivity index (χ4n) is 3.30. The summed E-state index contributed by atoms with van der Waals surface area (Å²) in [4.78, 5) is 23.0. The van der Waals surface area contributed by atoms with Crippen molar-refractivity contribution in [2.24, 2.45) is 0 Å². The van der Waals surface area contributed by atoms with Crippen LogP contribution in [-0.4, -0.2) is 38.3 Å². The summed E-state index contributed by atoms with van der Waals surface area (Å²) in [6.07, 6.45) is 6.85. The first-order valence-electron chi connectivity index (χ1n) is 8.01. The van der Waals surface area contributed by atoms with Crippen LogP contribution in [0.1, 0.15) is 23.6 Å². The van der Waals surface area contributed by atoms with E-state index in [1.807, 2.05) is 45.8 Å². The minimum atomic E-state index is 0.163. The second kappa shape index (κ2) is 6.24. The first-order valence-corrected chi connectivity index (χ1v) is 8.39. The smallest absolute Gasteiger partial charge is 0.233 e. The van der Waals surface area contributed by atoms with Gasteiger partial charge in [-0.15, -0.1) is 0 Å². The van der Waals surface area contributed by atoms with E-state index in [1.165, 1.54) is 5.69 Å². The number of rotatable bonds is 3. The lowest BCUT2D eigenvalue weighted by Gasteiger charge is -2.17. The highest BCUT2D eigenvalue weighted by molar-refractivity contribution is 6.30. The molecule has 4 rings (SSSR count). The molecule has 3 aromatic rings. The van der Waals surface area contributed by atoms with Crippen molar-refractivity contribution in [3.8, 4) is 0 Å². The summed E-state index contributed by atoms with van der Waals surface area (Å²) in [6.45, 7) is 1.53. The highest BCUT2D eigenvalue weighted by atomic mass is 35.5. The third-order valence-electron chi connectivity index (χ3n) is 4.56. The molecule has 0 radical (unpaired) electrons. The van der Waals surface area contributed by atoms with E-state index in [2.05, 4.69) is 9.97 Å². The number of halogens is 1. The van der Waals surface area contributed by atoms with E-state index in [4.69, 9.17) is 11.6 Å². The topological polar surface area (TPSA) is 50.5 Å². The number of carbonyl (C=O) groups is 1. The number of fused-ring (bicyclic) bond motifs is 1. The third-order valence-corrected chi connectivity index (χ3v) is 4.81. The van der Waals surface area contributed by atoms with Gasteiger partial charge in [0.2, 0.25) is 11.7 Å². The number of hydrogen-bond donors (Lipinski definition) is 0. The van der Waals surface area contributed by atoms with Gasteiger partial charge in [-0.05, 0) is 30.2 Å². The molecular weight excluding hydrogens is 324 g/mol. The van der Waals surface area contributed by atoms with Crippen LogP contribution in [0.4, 0.5) is 0 Å². The molecule has 1 saturated heterocycles. The fourth-order valence-corrected chi connectivity index (χ4v) is 3.43. The summed E-state index contributed by atoms with van der Waals surface area (Å²) >= 11 is 5.89. The third kappa shape index (κ3) is 2.87. The van der Waals surface area contributed by atoms with E-state index in [1.54, 1.807) is 12.4 Å². The van der Waals surface area contributed by atoms with Crippen LogP contribution in [0.25, 0.3) is 5.78 Å².